The number of likely N-dealkylation sites (tertiary alicyclic amines) is 1. The monoisotopic (exact) mass is 803 g/mol. The number of aromatic amines is 1. The summed E-state index contributed by atoms with van der Waals surface area (Å²) in [6.45, 7) is 4.27. The molecule has 1 atom stereocenters. The summed E-state index contributed by atoms with van der Waals surface area (Å²) >= 11 is 19.6. The number of carbonyl (C=O) groups excluding carboxylic acids is 2. The van der Waals surface area contributed by atoms with Gasteiger partial charge in [-0.05, 0) is 80.6 Å². The molecule has 0 saturated carbocycles. The van der Waals surface area contributed by atoms with Gasteiger partial charge in [-0.25, -0.2) is 4.98 Å². The largest absolute Gasteiger partial charge is 0.370 e. The lowest BCUT2D eigenvalue weighted by molar-refractivity contribution is -0.133. The number of nitriles is 1. The fourth-order valence-electron chi connectivity index (χ4n) is 8.26. The van der Waals surface area contributed by atoms with E-state index in [1.165, 1.54) is 0 Å². The van der Waals surface area contributed by atoms with Gasteiger partial charge in [0.25, 0.3) is 5.91 Å². The van der Waals surface area contributed by atoms with Crippen molar-refractivity contribution in [2.75, 3.05) is 29.9 Å². The second kappa shape index (κ2) is 16.1. The van der Waals surface area contributed by atoms with E-state index in [9.17, 15) is 14.9 Å². The number of carbonyl (C=O) groups is 2. The number of piperidine rings is 1. The van der Waals surface area contributed by atoms with Crippen LogP contribution in [0.2, 0.25) is 15.1 Å². The Kier molecular flexibility index (Phi) is 10.8. The zero-order chi connectivity index (χ0) is 38.9. The first kappa shape index (κ1) is 37.6. The topological polar surface area (TPSA) is 110 Å². The molecule has 2 saturated heterocycles. The third kappa shape index (κ3) is 7.37. The average Bonchev–Trinajstić information content (AvgIpc) is 3.73. The predicted octanol–water partition coefficient (Wildman–Crippen LogP) is 10.8. The Morgan fingerprint density at radius 3 is 2.46 bits per heavy atom. The van der Waals surface area contributed by atoms with Gasteiger partial charge in [-0.2, -0.15) is 5.26 Å². The minimum absolute atomic E-state index is 0.197. The van der Waals surface area contributed by atoms with Gasteiger partial charge >= 0.3 is 0 Å². The van der Waals surface area contributed by atoms with Crippen LogP contribution in [-0.2, 0) is 4.79 Å². The second-order valence-corrected chi connectivity index (χ2v) is 15.8. The summed E-state index contributed by atoms with van der Waals surface area (Å²) in [5.74, 6) is -0.136. The van der Waals surface area contributed by atoms with E-state index < -0.39 is 5.91 Å². The van der Waals surface area contributed by atoms with Crippen LogP contribution in [-0.4, -0.2) is 56.9 Å². The lowest BCUT2D eigenvalue weighted by atomic mass is 9.99. The number of nitrogens with zero attached hydrogens (tertiary/aromatic N) is 5. The van der Waals surface area contributed by atoms with Crippen molar-refractivity contribution in [1.29, 1.82) is 5.26 Å². The van der Waals surface area contributed by atoms with Gasteiger partial charge in [-0.1, -0.05) is 83.7 Å². The molecule has 2 amide bonds. The van der Waals surface area contributed by atoms with Gasteiger partial charge < -0.3 is 24.7 Å². The van der Waals surface area contributed by atoms with E-state index in [-0.39, 0.29) is 18.0 Å². The van der Waals surface area contributed by atoms with Crippen molar-refractivity contribution in [3.8, 4) is 28.6 Å². The Hall–Kier alpha value is -5.27. The van der Waals surface area contributed by atoms with Gasteiger partial charge in [-0.3, -0.25) is 9.59 Å². The maximum absolute atomic E-state index is 14.9. The number of hydrogen-bond donors (Lipinski definition) is 2. The summed E-state index contributed by atoms with van der Waals surface area (Å²) < 4.78 is 2.03. The van der Waals surface area contributed by atoms with E-state index in [0.29, 0.717) is 74.0 Å². The summed E-state index contributed by atoms with van der Waals surface area (Å²) in [6, 6.07) is 28.3. The van der Waals surface area contributed by atoms with Gasteiger partial charge in [0.05, 0.1) is 46.8 Å². The van der Waals surface area contributed by atoms with Gasteiger partial charge in [-0.15, -0.1) is 0 Å². The van der Waals surface area contributed by atoms with Crippen LogP contribution in [0.5, 0.6) is 0 Å². The van der Waals surface area contributed by atoms with Crippen molar-refractivity contribution in [3.63, 3.8) is 0 Å². The molecule has 56 heavy (non-hydrogen) atoms. The number of aromatic nitrogens is 3. The lowest BCUT2D eigenvalue weighted by Crippen LogP contribution is -2.47. The maximum atomic E-state index is 14.9. The van der Waals surface area contributed by atoms with E-state index in [1.807, 2.05) is 72.2 Å². The smallest absolute Gasteiger partial charge is 0.272 e. The number of fused-ring (bicyclic) bond motifs is 1. The Morgan fingerprint density at radius 2 is 1.70 bits per heavy atom. The fourth-order valence-corrected chi connectivity index (χ4v) is 9.00. The highest BCUT2D eigenvalue weighted by atomic mass is 35.5. The lowest BCUT2D eigenvalue weighted by Gasteiger charge is -2.39. The fraction of sp³-hybridized carbons (Fsp3) is 0.273. The first-order valence-electron chi connectivity index (χ1n) is 19.0. The van der Waals surface area contributed by atoms with Gasteiger partial charge in [0.2, 0.25) is 5.91 Å². The summed E-state index contributed by atoms with van der Waals surface area (Å²) in [6.07, 6.45) is 7.14. The number of halogens is 3. The summed E-state index contributed by atoms with van der Waals surface area (Å²) in [7, 11) is 0. The first-order chi connectivity index (χ1) is 27.2. The number of benzene rings is 4. The van der Waals surface area contributed by atoms with Gasteiger partial charge in [0.15, 0.2) is 0 Å². The molecule has 0 radical (unpaired) electrons. The van der Waals surface area contributed by atoms with Gasteiger partial charge in [0, 0.05) is 69.2 Å². The van der Waals surface area contributed by atoms with Gasteiger partial charge in [0.1, 0.15) is 5.69 Å². The summed E-state index contributed by atoms with van der Waals surface area (Å²) in [5, 5.41) is 15.5. The van der Waals surface area contributed by atoms with Crippen LogP contribution >= 0.6 is 34.8 Å². The van der Waals surface area contributed by atoms with Crippen molar-refractivity contribution in [2.24, 2.45) is 0 Å². The number of amides is 2. The minimum Gasteiger partial charge on any atom is -0.370 e. The van der Waals surface area contributed by atoms with Crippen LogP contribution < -0.4 is 10.2 Å². The Labute approximate surface area is 340 Å². The van der Waals surface area contributed by atoms with E-state index >= 15 is 0 Å². The van der Waals surface area contributed by atoms with E-state index in [0.717, 1.165) is 60.8 Å². The molecular formula is C44H40Cl3N7O2. The van der Waals surface area contributed by atoms with Crippen LogP contribution in [0.1, 0.15) is 73.1 Å². The Balaban J connectivity index is 1.20. The molecule has 2 aliphatic rings. The minimum atomic E-state index is -0.391. The number of H-pyrrole nitrogens is 1. The second-order valence-electron chi connectivity index (χ2n) is 14.5. The Bertz CT molecular complexity index is 2480. The quantitative estimate of drug-likeness (QED) is 0.159. The van der Waals surface area contributed by atoms with Crippen molar-refractivity contribution < 1.29 is 9.59 Å². The Morgan fingerprint density at radius 1 is 0.929 bits per heavy atom. The average molecular weight is 805 g/mol. The van der Waals surface area contributed by atoms with Crippen LogP contribution in [0, 0.1) is 11.3 Å². The highest BCUT2D eigenvalue weighted by molar-refractivity contribution is 6.35. The number of hydrogen-bond acceptors (Lipinski definition) is 5. The molecule has 0 bridgehead atoms. The highest BCUT2D eigenvalue weighted by Gasteiger charge is 2.31. The SMILES string of the molecule is CC(c1ccc(Cl)cc1Cl)n1cnc(-c2ccccc2)c1-c1c(C(=O)Nc2cc(C#N)ccc2N2CCC(N3CCCCCC3=O)CC2)[nH]c2cc(Cl)ccc12. The molecule has 6 aromatic rings. The van der Waals surface area contributed by atoms with Crippen molar-refractivity contribution in [1.82, 2.24) is 19.4 Å². The molecule has 284 valence electrons. The molecule has 1 unspecified atom stereocenters. The molecule has 0 spiro atoms. The van der Waals surface area contributed by atoms with Crippen LogP contribution in [0.25, 0.3) is 33.4 Å². The van der Waals surface area contributed by atoms with Crippen LogP contribution in [0.15, 0.2) is 91.3 Å². The van der Waals surface area contributed by atoms with Crippen molar-refractivity contribution >= 4 is 68.9 Å². The molecule has 4 aromatic carbocycles. The third-order valence-corrected chi connectivity index (χ3v) is 11.9. The van der Waals surface area contributed by atoms with Crippen molar-refractivity contribution in [2.45, 2.75) is 57.5 Å². The molecule has 12 heteroatoms. The molecule has 2 N–H and O–H groups in total. The molecule has 9 nitrogen and oxygen atoms in total. The van der Waals surface area contributed by atoms with Crippen LogP contribution in [0.3, 0.4) is 0 Å². The first-order valence-corrected chi connectivity index (χ1v) is 20.1. The summed E-state index contributed by atoms with van der Waals surface area (Å²) in [5.41, 5.74) is 6.51. The number of nitrogens with one attached hydrogen (secondary N) is 2. The normalized spacial score (nSPS) is 15.8. The van der Waals surface area contributed by atoms with Crippen LogP contribution in [0.4, 0.5) is 11.4 Å². The maximum Gasteiger partial charge on any atom is 0.272 e. The summed E-state index contributed by atoms with van der Waals surface area (Å²) in [4.78, 5) is 40.4. The number of imidazole rings is 1. The molecule has 8 rings (SSSR count). The third-order valence-electron chi connectivity index (χ3n) is 11.1. The number of rotatable bonds is 8. The molecule has 4 heterocycles. The molecule has 0 aliphatic carbocycles. The molecule has 2 aliphatic heterocycles. The zero-order valence-corrected chi connectivity index (χ0v) is 33.1. The van der Waals surface area contributed by atoms with E-state index in [4.69, 9.17) is 39.8 Å². The van der Waals surface area contributed by atoms with E-state index in [2.05, 4.69) is 26.2 Å². The predicted molar refractivity (Wildman–Crippen MR) is 225 cm³/mol. The van der Waals surface area contributed by atoms with E-state index in [1.54, 1.807) is 30.6 Å². The standard InChI is InChI=1S/C44H40Cl3N7O2/c1-27(33-14-12-30(45)23-35(33)47)54-26-49-41(29-8-4-2-5-9-29)43(54)40-34-15-13-31(46)24-36(34)50-42(40)44(56)51-37-22-28(25-48)11-16-38(37)52-20-17-32(18-21-52)53-19-7-3-6-10-39(53)55/h2,4-5,8-9,11-16,22-24,26-27,32,50H,3,6-7,10,17-21H2,1H3,(H,51,56). The number of anilines is 2. The van der Waals surface area contributed by atoms with Crippen molar-refractivity contribution in [3.05, 3.63) is 123 Å². The molecule has 2 fully saturated rings. The molecule has 2 aromatic heterocycles. The molecular weight excluding hydrogens is 765 g/mol. The zero-order valence-electron chi connectivity index (χ0n) is 30.9. The highest BCUT2D eigenvalue weighted by Crippen LogP contribution is 2.43.